The van der Waals surface area contributed by atoms with Gasteiger partial charge in [0.2, 0.25) is 11.6 Å². The van der Waals surface area contributed by atoms with E-state index in [4.69, 9.17) is 0 Å². The van der Waals surface area contributed by atoms with Crippen LogP contribution in [0.1, 0.15) is 46.0 Å². The quantitative estimate of drug-likeness (QED) is 0.551. The lowest BCUT2D eigenvalue weighted by atomic mass is 9.99. The number of H-pyrrole nitrogens is 1. The van der Waals surface area contributed by atoms with E-state index in [0.717, 1.165) is 10.4 Å². The molecule has 9 nitrogen and oxygen atoms in total. The summed E-state index contributed by atoms with van der Waals surface area (Å²) in [4.78, 5) is 25.9. The van der Waals surface area contributed by atoms with Crippen LogP contribution < -0.4 is 0 Å². The maximum absolute atomic E-state index is 13.6. The van der Waals surface area contributed by atoms with Crippen LogP contribution in [0.2, 0.25) is 0 Å². The maximum Gasteiger partial charge on any atom is 0.299 e. The fourth-order valence-corrected chi connectivity index (χ4v) is 3.73. The third-order valence-corrected chi connectivity index (χ3v) is 5.08. The van der Waals surface area contributed by atoms with E-state index >= 15 is 0 Å². The zero-order valence-corrected chi connectivity index (χ0v) is 15.6. The van der Waals surface area contributed by atoms with E-state index in [2.05, 4.69) is 25.1 Å². The van der Waals surface area contributed by atoms with E-state index in [9.17, 15) is 18.0 Å². The SMILES string of the molecule is Cn1nc(C(F)F)nc1C(=O)N1CCc2[nH]cnc2C1c1cc2cc(F)ccn2n1. The minimum Gasteiger partial charge on any atom is -0.348 e. The number of fused-ring (bicyclic) bond motifs is 2. The van der Waals surface area contributed by atoms with Crippen molar-refractivity contribution in [2.75, 3.05) is 6.54 Å². The summed E-state index contributed by atoms with van der Waals surface area (Å²) in [7, 11) is 1.39. The zero-order chi connectivity index (χ0) is 21.0. The first-order valence-electron chi connectivity index (χ1n) is 9.09. The molecular weight excluding hydrogens is 401 g/mol. The highest BCUT2D eigenvalue weighted by Crippen LogP contribution is 2.34. The minimum atomic E-state index is -2.89. The van der Waals surface area contributed by atoms with Crippen LogP contribution in [-0.4, -0.2) is 51.7 Å². The number of hydrogen-bond acceptors (Lipinski definition) is 5. The number of nitrogens with one attached hydrogen (secondary N) is 1. The predicted molar refractivity (Wildman–Crippen MR) is 96.3 cm³/mol. The smallest absolute Gasteiger partial charge is 0.299 e. The van der Waals surface area contributed by atoms with Crippen molar-refractivity contribution >= 4 is 11.4 Å². The van der Waals surface area contributed by atoms with Crippen LogP contribution in [0.3, 0.4) is 0 Å². The Morgan fingerprint density at radius 3 is 2.90 bits per heavy atom. The molecule has 1 N–H and O–H groups in total. The molecule has 30 heavy (non-hydrogen) atoms. The number of carbonyl (C=O) groups excluding carboxylic acids is 1. The largest absolute Gasteiger partial charge is 0.348 e. The van der Waals surface area contributed by atoms with E-state index in [1.54, 1.807) is 6.07 Å². The van der Waals surface area contributed by atoms with Crippen molar-refractivity contribution in [2.45, 2.75) is 18.9 Å². The van der Waals surface area contributed by atoms with Crippen LogP contribution >= 0.6 is 0 Å². The lowest BCUT2D eigenvalue weighted by molar-refractivity contribution is 0.0669. The summed E-state index contributed by atoms with van der Waals surface area (Å²) in [6.45, 7) is 0.289. The number of imidazole rings is 1. The highest BCUT2D eigenvalue weighted by atomic mass is 19.3. The molecule has 4 aromatic rings. The Balaban J connectivity index is 1.60. The Morgan fingerprint density at radius 1 is 1.30 bits per heavy atom. The number of amides is 1. The Hall–Kier alpha value is -3.70. The van der Waals surface area contributed by atoms with Crippen molar-refractivity contribution in [2.24, 2.45) is 7.05 Å². The van der Waals surface area contributed by atoms with E-state index in [1.807, 2.05) is 0 Å². The molecule has 0 spiro atoms. The summed E-state index contributed by atoms with van der Waals surface area (Å²) in [5.74, 6) is -1.90. The van der Waals surface area contributed by atoms with Gasteiger partial charge in [0, 0.05) is 31.9 Å². The molecule has 1 amide bonds. The molecule has 1 atom stereocenters. The standard InChI is InChI=1S/C18H15F3N8O/c1-27-17(24-16(26-27)15(20)21)18(30)28-4-3-11-13(23-8-22-11)14(28)12-7-10-6-9(19)2-5-29(10)25-12/h2,5-8,14-15H,3-4H2,1H3,(H,22,23). The van der Waals surface area contributed by atoms with Gasteiger partial charge in [-0.15, -0.1) is 5.10 Å². The molecule has 0 saturated carbocycles. The summed E-state index contributed by atoms with van der Waals surface area (Å²) in [5.41, 5.74) is 2.42. The van der Waals surface area contributed by atoms with Crippen LogP contribution in [0.25, 0.3) is 5.52 Å². The second-order valence-corrected chi connectivity index (χ2v) is 6.92. The second-order valence-electron chi connectivity index (χ2n) is 6.92. The molecule has 0 saturated heterocycles. The van der Waals surface area contributed by atoms with Gasteiger partial charge >= 0.3 is 0 Å². The van der Waals surface area contributed by atoms with Gasteiger partial charge in [0.15, 0.2) is 0 Å². The first-order chi connectivity index (χ1) is 14.4. The first kappa shape index (κ1) is 18.3. The number of rotatable bonds is 3. The minimum absolute atomic E-state index is 0.205. The number of hydrogen-bond donors (Lipinski definition) is 1. The van der Waals surface area contributed by atoms with Gasteiger partial charge < -0.3 is 9.88 Å². The molecule has 5 heterocycles. The number of aromatic amines is 1. The third-order valence-electron chi connectivity index (χ3n) is 5.08. The molecule has 1 unspecified atom stereocenters. The Morgan fingerprint density at radius 2 is 2.13 bits per heavy atom. The van der Waals surface area contributed by atoms with Gasteiger partial charge in [0.05, 0.1) is 23.2 Å². The molecule has 4 aromatic heterocycles. The highest BCUT2D eigenvalue weighted by Gasteiger charge is 2.38. The van der Waals surface area contributed by atoms with Crippen LogP contribution in [0.15, 0.2) is 30.7 Å². The molecule has 1 aliphatic heterocycles. The summed E-state index contributed by atoms with van der Waals surface area (Å²) < 4.78 is 42.1. The molecule has 0 bridgehead atoms. The monoisotopic (exact) mass is 416 g/mol. The topological polar surface area (TPSA) is 97.0 Å². The number of aryl methyl sites for hydroxylation is 1. The van der Waals surface area contributed by atoms with Gasteiger partial charge in [-0.25, -0.2) is 32.3 Å². The highest BCUT2D eigenvalue weighted by molar-refractivity contribution is 5.91. The average molecular weight is 416 g/mol. The number of nitrogens with zero attached hydrogens (tertiary/aromatic N) is 7. The molecule has 154 valence electrons. The number of carbonyl (C=O) groups is 1. The van der Waals surface area contributed by atoms with Crippen molar-refractivity contribution in [3.05, 3.63) is 65.3 Å². The molecule has 1 aliphatic rings. The normalized spacial score (nSPS) is 16.4. The molecule has 0 radical (unpaired) electrons. The summed E-state index contributed by atoms with van der Waals surface area (Å²) in [6.07, 6.45) is 0.616. The molecule has 0 aromatic carbocycles. The summed E-state index contributed by atoms with van der Waals surface area (Å²) >= 11 is 0. The van der Waals surface area contributed by atoms with Gasteiger partial charge in [-0.05, 0) is 18.2 Å². The maximum atomic E-state index is 13.6. The Bertz CT molecular complexity index is 1260. The second kappa shape index (κ2) is 6.68. The van der Waals surface area contributed by atoms with E-state index in [-0.39, 0.29) is 12.4 Å². The van der Waals surface area contributed by atoms with Gasteiger partial charge in [-0.2, -0.15) is 5.10 Å². The van der Waals surface area contributed by atoms with Crippen molar-refractivity contribution in [3.8, 4) is 0 Å². The first-order valence-corrected chi connectivity index (χ1v) is 9.09. The van der Waals surface area contributed by atoms with Crippen LogP contribution in [-0.2, 0) is 13.5 Å². The zero-order valence-electron chi connectivity index (χ0n) is 15.6. The van der Waals surface area contributed by atoms with E-state index < -0.39 is 30.0 Å². The van der Waals surface area contributed by atoms with Gasteiger partial charge in [0.25, 0.3) is 12.3 Å². The van der Waals surface area contributed by atoms with Gasteiger partial charge in [0.1, 0.15) is 11.9 Å². The van der Waals surface area contributed by atoms with Crippen molar-refractivity contribution in [1.82, 2.24) is 39.2 Å². The predicted octanol–water partition coefficient (Wildman–Crippen LogP) is 2.05. The van der Waals surface area contributed by atoms with Crippen molar-refractivity contribution < 1.29 is 18.0 Å². The van der Waals surface area contributed by atoms with Gasteiger partial charge in [-0.3, -0.25) is 4.79 Å². The fraction of sp³-hybridized carbons (Fsp3) is 0.278. The van der Waals surface area contributed by atoms with Crippen molar-refractivity contribution in [1.29, 1.82) is 0 Å². The van der Waals surface area contributed by atoms with Gasteiger partial charge in [-0.1, -0.05) is 0 Å². The summed E-state index contributed by atoms with van der Waals surface area (Å²) in [5, 5.41) is 8.10. The average Bonchev–Trinajstić information content (AvgIpc) is 3.43. The molecule has 5 rings (SSSR count). The number of halogens is 3. The van der Waals surface area contributed by atoms with E-state index in [0.29, 0.717) is 23.3 Å². The van der Waals surface area contributed by atoms with Crippen molar-refractivity contribution in [3.63, 3.8) is 0 Å². The molecular formula is C18H15F3N8O. The van der Waals surface area contributed by atoms with Crippen LogP contribution in [0.4, 0.5) is 13.2 Å². The number of pyridine rings is 1. The van der Waals surface area contributed by atoms with Crippen LogP contribution in [0, 0.1) is 5.82 Å². The Kier molecular flexibility index (Phi) is 4.08. The molecule has 0 fully saturated rings. The summed E-state index contributed by atoms with van der Waals surface area (Å²) in [6, 6.07) is 3.58. The Labute approximate surface area is 167 Å². The lowest BCUT2D eigenvalue weighted by Gasteiger charge is -2.33. The van der Waals surface area contributed by atoms with Crippen LogP contribution in [0.5, 0.6) is 0 Å². The fourth-order valence-electron chi connectivity index (χ4n) is 3.73. The molecule has 12 heteroatoms. The molecule has 0 aliphatic carbocycles. The third kappa shape index (κ3) is 2.83. The number of alkyl halides is 2. The van der Waals surface area contributed by atoms with E-state index in [1.165, 1.54) is 41.1 Å². The number of aromatic nitrogens is 7. The lowest BCUT2D eigenvalue weighted by Crippen LogP contribution is -2.42.